The fourth-order valence-corrected chi connectivity index (χ4v) is 14.1. The first kappa shape index (κ1) is 44.0. The number of Topliss-reactive ketones (excluding diaryl/α,β-unsaturated/α-hetero) is 1. The molecular formula is C49H77N3O5. The van der Waals surface area contributed by atoms with E-state index in [2.05, 4.69) is 98.3 Å². The highest BCUT2D eigenvalue weighted by atomic mass is 16.5. The number of ether oxygens (including phenoxy) is 1. The first-order valence-electron chi connectivity index (χ1n) is 22.4. The summed E-state index contributed by atoms with van der Waals surface area (Å²) < 4.78 is 6.22. The molecule has 1 N–H and O–H groups in total. The second-order valence-electron chi connectivity index (χ2n) is 22.5. The number of hydrogen-bond donors (Lipinski definition) is 1. The highest BCUT2D eigenvalue weighted by Gasteiger charge is 2.70. The van der Waals surface area contributed by atoms with Gasteiger partial charge in [0.2, 0.25) is 0 Å². The maximum atomic E-state index is 14.4. The number of ketones is 1. The molecule has 1 unspecified atom stereocenters. The third-order valence-electron chi connectivity index (χ3n) is 17.7. The lowest BCUT2D eigenvalue weighted by Gasteiger charge is -2.72. The number of hydrogen-bond acceptors (Lipinski definition) is 7. The van der Waals surface area contributed by atoms with Gasteiger partial charge in [-0.1, -0.05) is 60.1 Å². The molecule has 0 spiro atoms. The Morgan fingerprint density at radius 2 is 1.60 bits per heavy atom. The zero-order valence-corrected chi connectivity index (χ0v) is 38.0. The van der Waals surface area contributed by atoms with Crippen LogP contribution in [0.3, 0.4) is 0 Å². The third-order valence-corrected chi connectivity index (χ3v) is 17.7. The van der Waals surface area contributed by atoms with E-state index >= 15 is 0 Å². The summed E-state index contributed by atoms with van der Waals surface area (Å²) >= 11 is 0. The minimum absolute atomic E-state index is 0.0845. The van der Waals surface area contributed by atoms with Gasteiger partial charge >= 0.3 is 11.9 Å². The van der Waals surface area contributed by atoms with Crippen LogP contribution in [0, 0.1) is 56.2 Å². The second kappa shape index (κ2) is 15.2. The Bertz CT molecular complexity index is 1730. The largest absolute Gasteiger partial charge is 0.481 e. The Balaban J connectivity index is 1.29. The lowest BCUT2D eigenvalue weighted by Crippen LogP contribution is -2.65. The molecule has 0 radical (unpaired) electrons. The van der Waals surface area contributed by atoms with Gasteiger partial charge in [0.15, 0.2) is 5.78 Å². The van der Waals surface area contributed by atoms with Crippen molar-refractivity contribution in [1.29, 1.82) is 0 Å². The number of allylic oxidation sites excluding steroid dienone is 2. The Kier molecular flexibility index (Phi) is 11.7. The molecule has 8 nitrogen and oxygen atoms in total. The molecular weight excluding hydrogens is 711 g/mol. The van der Waals surface area contributed by atoms with Crippen molar-refractivity contribution in [3.8, 4) is 0 Å². The zero-order valence-electron chi connectivity index (χ0n) is 38.0. The molecule has 5 aliphatic carbocycles. The minimum atomic E-state index is -1.15. The number of nitrogens with zero attached hydrogens (tertiary/aromatic N) is 3. The number of aliphatic carboxylic acids is 1. The minimum Gasteiger partial charge on any atom is -0.481 e. The van der Waals surface area contributed by atoms with Crippen molar-refractivity contribution in [2.45, 2.75) is 158 Å². The van der Waals surface area contributed by atoms with Gasteiger partial charge in [-0.25, -0.2) is 0 Å². The van der Waals surface area contributed by atoms with Crippen molar-refractivity contribution in [3.63, 3.8) is 0 Å². The Labute approximate surface area is 345 Å². The van der Waals surface area contributed by atoms with Crippen molar-refractivity contribution in [3.05, 3.63) is 41.2 Å². The number of rotatable bonds is 13. The van der Waals surface area contributed by atoms with E-state index in [-0.39, 0.29) is 51.1 Å². The third kappa shape index (κ3) is 7.27. The summed E-state index contributed by atoms with van der Waals surface area (Å²) in [6.07, 6.45) is 11.8. The highest BCUT2D eigenvalue weighted by molar-refractivity contribution is 6.00. The van der Waals surface area contributed by atoms with Gasteiger partial charge in [0.1, 0.15) is 6.10 Å². The molecule has 6 rings (SSSR count). The molecule has 5 aliphatic rings. The fraction of sp³-hybridized carbons (Fsp3) is 0.796. The second-order valence-corrected chi connectivity index (χ2v) is 22.5. The number of carbonyl (C=O) groups excluding carboxylic acids is 2. The number of esters is 1. The van der Waals surface area contributed by atoms with Gasteiger partial charge < -0.3 is 14.7 Å². The average Bonchev–Trinajstić information content (AvgIpc) is 3.41. The van der Waals surface area contributed by atoms with E-state index in [1.807, 2.05) is 12.3 Å². The van der Waals surface area contributed by atoms with E-state index in [0.717, 1.165) is 88.7 Å². The van der Waals surface area contributed by atoms with Gasteiger partial charge in [-0.15, -0.1) is 0 Å². The van der Waals surface area contributed by atoms with Crippen LogP contribution in [-0.2, 0) is 24.7 Å². The topological polar surface area (TPSA) is 100 Å². The number of fused-ring (bicyclic) bond motifs is 7. The van der Waals surface area contributed by atoms with Crippen LogP contribution in [0.1, 0.15) is 152 Å². The van der Waals surface area contributed by atoms with Crippen LogP contribution in [0.5, 0.6) is 0 Å². The number of likely N-dealkylation sites (N-methyl/N-ethyl adjacent to an activating group) is 1. The predicted octanol–water partition coefficient (Wildman–Crippen LogP) is 9.96. The molecule has 57 heavy (non-hydrogen) atoms. The molecule has 0 aromatic carbocycles. The molecule has 1 aromatic heterocycles. The SMILES string of the molecule is CC(C)C1=C2[C@H]3CCC4[C@@]5(C)CC[C@H](OC(=O)CC(C)(C)C(=O)O)C(C)(C)[C@@H]5CC[C@@]4(C)[C@]3(C)CC[C@@]2(CCN(CCN(C)C)C(C)(C)c2ccccn2)CC1=O. The van der Waals surface area contributed by atoms with Gasteiger partial charge in [-0.05, 0) is 164 Å². The normalized spacial score (nSPS) is 35.2. The standard InChI is InChI=1S/C49H77N3O5/c1-32(2)40-34(53)30-49(25-27-52(29-28-51(12)13)45(7,8)37-16-14-15-26-50-37)24-23-47(10)33(41(40)49)17-18-36-46(9)21-20-38(57-39(54)31-43(3,4)42(55)56)44(5,6)35(46)19-22-48(36,47)11/h14-16,26,32-33,35-36,38H,17-25,27-31H2,1-13H3,(H,55,56)/t33-,35+,36?,38+,46+,47-,48-,49-/m1/s1. The van der Waals surface area contributed by atoms with E-state index in [0.29, 0.717) is 30.0 Å². The van der Waals surface area contributed by atoms with E-state index < -0.39 is 17.4 Å². The molecule has 0 saturated heterocycles. The fourth-order valence-electron chi connectivity index (χ4n) is 14.1. The molecule has 0 bridgehead atoms. The van der Waals surface area contributed by atoms with Crippen molar-refractivity contribution >= 4 is 17.7 Å². The number of carboxylic acid groups (broad SMARTS) is 1. The number of carbonyl (C=O) groups is 3. The smallest absolute Gasteiger partial charge is 0.309 e. The summed E-state index contributed by atoms with van der Waals surface area (Å²) in [6, 6.07) is 6.25. The van der Waals surface area contributed by atoms with E-state index in [9.17, 15) is 19.5 Å². The maximum Gasteiger partial charge on any atom is 0.309 e. The van der Waals surface area contributed by atoms with Gasteiger partial charge in [0, 0.05) is 36.5 Å². The molecule has 4 saturated carbocycles. The Hall–Kier alpha value is -2.58. The van der Waals surface area contributed by atoms with E-state index in [4.69, 9.17) is 9.72 Å². The van der Waals surface area contributed by atoms with E-state index in [1.165, 1.54) is 0 Å². The van der Waals surface area contributed by atoms with Crippen LogP contribution in [-0.4, -0.2) is 77.4 Å². The van der Waals surface area contributed by atoms with E-state index in [1.54, 1.807) is 19.4 Å². The van der Waals surface area contributed by atoms with Gasteiger partial charge in [0.25, 0.3) is 0 Å². The lowest BCUT2D eigenvalue weighted by molar-refractivity contribution is -0.233. The molecule has 0 aliphatic heterocycles. The summed E-state index contributed by atoms with van der Waals surface area (Å²) in [5.41, 5.74) is 2.39. The van der Waals surface area contributed by atoms with Crippen molar-refractivity contribution in [1.82, 2.24) is 14.8 Å². The maximum absolute atomic E-state index is 14.4. The molecule has 1 aromatic rings. The lowest BCUT2D eigenvalue weighted by atomic mass is 9.33. The first-order chi connectivity index (χ1) is 26.4. The monoisotopic (exact) mass is 788 g/mol. The van der Waals surface area contributed by atoms with Crippen molar-refractivity contribution in [2.24, 2.45) is 56.2 Å². The highest BCUT2D eigenvalue weighted by Crippen LogP contribution is 2.77. The zero-order chi connectivity index (χ0) is 42.1. The van der Waals surface area contributed by atoms with Crippen LogP contribution in [0.2, 0.25) is 0 Å². The molecule has 318 valence electrons. The Morgan fingerprint density at radius 1 is 0.895 bits per heavy atom. The summed E-state index contributed by atoms with van der Waals surface area (Å²) in [5, 5.41) is 9.66. The predicted molar refractivity (Wildman–Crippen MR) is 227 cm³/mol. The van der Waals surface area contributed by atoms with Crippen LogP contribution >= 0.6 is 0 Å². The number of pyridine rings is 1. The summed E-state index contributed by atoms with van der Waals surface area (Å²) in [5.74, 6) is 0.584. The number of aromatic nitrogens is 1. The van der Waals surface area contributed by atoms with Crippen LogP contribution in [0.15, 0.2) is 35.5 Å². The molecule has 4 fully saturated rings. The molecule has 1 heterocycles. The average molecular weight is 788 g/mol. The van der Waals surface area contributed by atoms with Gasteiger partial charge in [-0.3, -0.25) is 24.3 Å². The molecule has 8 heteroatoms. The van der Waals surface area contributed by atoms with Crippen molar-refractivity contribution in [2.75, 3.05) is 33.7 Å². The Morgan fingerprint density at radius 3 is 2.21 bits per heavy atom. The molecule has 0 amide bonds. The quantitative estimate of drug-likeness (QED) is 0.197. The van der Waals surface area contributed by atoms with Gasteiger partial charge in [-0.2, -0.15) is 0 Å². The van der Waals surface area contributed by atoms with Crippen LogP contribution < -0.4 is 0 Å². The van der Waals surface area contributed by atoms with Gasteiger partial charge in [0.05, 0.1) is 23.1 Å². The summed E-state index contributed by atoms with van der Waals surface area (Å²) in [6.45, 7) is 27.6. The van der Waals surface area contributed by atoms with Crippen LogP contribution in [0.25, 0.3) is 0 Å². The van der Waals surface area contributed by atoms with Crippen molar-refractivity contribution < 1.29 is 24.2 Å². The molecule has 8 atom stereocenters. The number of carboxylic acids is 1. The van der Waals surface area contributed by atoms with Crippen LogP contribution in [0.4, 0.5) is 0 Å². The summed E-state index contributed by atoms with van der Waals surface area (Å²) in [7, 11) is 4.30. The summed E-state index contributed by atoms with van der Waals surface area (Å²) in [4.78, 5) is 49.1. The first-order valence-corrected chi connectivity index (χ1v) is 22.4.